The van der Waals surface area contributed by atoms with Gasteiger partial charge in [0.2, 0.25) is 5.76 Å². The van der Waals surface area contributed by atoms with Gasteiger partial charge in [0.1, 0.15) is 5.69 Å². The molecule has 100 valence electrons. The third-order valence-electron chi connectivity index (χ3n) is 3.30. The minimum Gasteiger partial charge on any atom is -0.350 e. The Balaban J connectivity index is 1.83. The molecule has 1 aromatic heterocycles. The average Bonchev–Trinajstić information content (AvgIpc) is 3.21. The molecular formula is C16H14N2O2. The van der Waals surface area contributed by atoms with Crippen molar-refractivity contribution in [2.24, 2.45) is 0 Å². The van der Waals surface area contributed by atoms with E-state index in [2.05, 4.69) is 11.1 Å². The Kier molecular flexibility index (Phi) is 3.26. The maximum Gasteiger partial charge on any atom is 0.293 e. The van der Waals surface area contributed by atoms with E-state index >= 15 is 0 Å². The molecule has 1 aromatic carbocycles. The summed E-state index contributed by atoms with van der Waals surface area (Å²) in [6, 6.07) is 11.5. The molecule has 4 nitrogen and oxygen atoms in total. The van der Waals surface area contributed by atoms with Crippen LogP contribution in [0.4, 0.5) is 0 Å². The molecule has 0 unspecified atom stereocenters. The Bertz CT molecular complexity index is 651. The maximum atomic E-state index is 12.4. The number of hydrogen-bond acceptors (Lipinski definition) is 3. The smallest absolute Gasteiger partial charge is 0.293 e. The number of rotatable bonds is 4. The molecule has 0 atom stereocenters. The lowest BCUT2D eigenvalue weighted by Crippen LogP contribution is -2.33. The van der Waals surface area contributed by atoms with Gasteiger partial charge in [-0.1, -0.05) is 41.4 Å². The summed E-state index contributed by atoms with van der Waals surface area (Å²) in [4.78, 5) is 14.0. The number of carbonyl (C=O) groups is 1. The highest BCUT2D eigenvalue weighted by Gasteiger charge is 2.34. The van der Waals surface area contributed by atoms with Crippen molar-refractivity contribution in [2.75, 3.05) is 6.54 Å². The van der Waals surface area contributed by atoms with Crippen molar-refractivity contribution in [1.29, 1.82) is 0 Å². The van der Waals surface area contributed by atoms with Crippen molar-refractivity contribution in [1.82, 2.24) is 10.1 Å². The highest BCUT2D eigenvalue weighted by Crippen LogP contribution is 2.28. The maximum absolute atomic E-state index is 12.4. The van der Waals surface area contributed by atoms with Crippen molar-refractivity contribution in [3.63, 3.8) is 0 Å². The van der Waals surface area contributed by atoms with Crippen LogP contribution in [0.5, 0.6) is 0 Å². The molecule has 0 radical (unpaired) electrons. The number of nitrogens with zero attached hydrogens (tertiary/aromatic N) is 2. The van der Waals surface area contributed by atoms with Crippen LogP contribution in [0.25, 0.3) is 11.3 Å². The van der Waals surface area contributed by atoms with Crippen molar-refractivity contribution in [3.05, 3.63) is 42.2 Å². The summed E-state index contributed by atoms with van der Waals surface area (Å²) < 4.78 is 5.18. The molecule has 3 rings (SSSR count). The molecule has 1 fully saturated rings. The Morgan fingerprint density at radius 1 is 1.40 bits per heavy atom. The molecule has 4 heteroatoms. The van der Waals surface area contributed by atoms with E-state index in [1.165, 1.54) is 0 Å². The molecule has 0 N–H and O–H groups in total. The molecule has 0 bridgehead atoms. The van der Waals surface area contributed by atoms with Crippen LogP contribution in [0.1, 0.15) is 23.4 Å². The summed E-state index contributed by atoms with van der Waals surface area (Å²) in [5.41, 5.74) is 1.58. The second kappa shape index (κ2) is 5.22. The van der Waals surface area contributed by atoms with Crippen LogP contribution >= 0.6 is 0 Å². The Hall–Kier alpha value is -2.54. The lowest BCUT2D eigenvalue weighted by Gasteiger charge is -2.17. The standard InChI is InChI=1S/C16H14N2O2/c1-2-10-18(13-8-9-13)16(19)15-11-14(17-20-15)12-6-4-3-5-7-12/h1,3-7,11,13H,8-10H2. The molecule has 1 aliphatic carbocycles. The zero-order chi connectivity index (χ0) is 13.9. The lowest BCUT2D eigenvalue weighted by atomic mass is 10.1. The van der Waals surface area contributed by atoms with Crippen LogP contribution in [0, 0.1) is 12.3 Å². The van der Waals surface area contributed by atoms with Gasteiger partial charge in [0.25, 0.3) is 5.91 Å². The largest absolute Gasteiger partial charge is 0.350 e. The monoisotopic (exact) mass is 266 g/mol. The summed E-state index contributed by atoms with van der Waals surface area (Å²) >= 11 is 0. The summed E-state index contributed by atoms with van der Waals surface area (Å²) in [6.07, 6.45) is 7.33. The van der Waals surface area contributed by atoms with Crippen LogP contribution < -0.4 is 0 Å². The van der Waals surface area contributed by atoms with Crippen molar-refractivity contribution in [3.8, 4) is 23.6 Å². The van der Waals surface area contributed by atoms with Crippen LogP contribution in [-0.4, -0.2) is 28.6 Å². The fourth-order valence-electron chi connectivity index (χ4n) is 2.11. The molecular weight excluding hydrogens is 252 g/mol. The molecule has 20 heavy (non-hydrogen) atoms. The van der Waals surface area contributed by atoms with Gasteiger partial charge in [-0.15, -0.1) is 6.42 Å². The van der Waals surface area contributed by atoms with Gasteiger partial charge >= 0.3 is 0 Å². The zero-order valence-corrected chi connectivity index (χ0v) is 11.0. The lowest BCUT2D eigenvalue weighted by molar-refractivity contribution is 0.0724. The molecule has 0 spiro atoms. The third kappa shape index (κ3) is 2.43. The molecule has 1 aliphatic rings. The van der Waals surface area contributed by atoms with Gasteiger partial charge in [0, 0.05) is 17.7 Å². The molecule has 0 aliphatic heterocycles. The van der Waals surface area contributed by atoms with Crippen molar-refractivity contribution in [2.45, 2.75) is 18.9 Å². The summed E-state index contributed by atoms with van der Waals surface area (Å²) in [7, 11) is 0. The average molecular weight is 266 g/mol. The fraction of sp³-hybridized carbons (Fsp3) is 0.250. The van der Waals surface area contributed by atoms with Crippen molar-refractivity contribution >= 4 is 5.91 Å². The Morgan fingerprint density at radius 2 is 2.15 bits per heavy atom. The van der Waals surface area contributed by atoms with E-state index in [0.717, 1.165) is 18.4 Å². The second-order valence-electron chi connectivity index (χ2n) is 4.81. The molecule has 0 saturated heterocycles. The van der Waals surface area contributed by atoms with Crippen LogP contribution in [-0.2, 0) is 0 Å². The highest BCUT2D eigenvalue weighted by atomic mass is 16.5. The number of aromatic nitrogens is 1. The topological polar surface area (TPSA) is 46.3 Å². The quantitative estimate of drug-likeness (QED) is 0.799. The van der Waals surface area contributed by atoms with Gasteiger partial charge in [-0.3, -0.25) is 4.79 Å². The van der Waals surface area contributed by atoms with E-state index in [1.54, 1.807) is 11.0 Å². The van der Waals surface area contributed by atoms with Gasteiger partial charge in [-0.25, -0.2) is 0 Å². The predicted octanol–water partition coefficient (Wildman–Crippen LogP) is 2.58. The molecule has 2 aromatic rings. The van der Waals surface area contributed by atoms with E-state index in [9.17, 15) is 4.79 Å². The van der Waals surface area contributed by atoms with E-state index in [4.69, 9.17) is 10.9 Å². The first-order valence-corrected chi connectivity index (χ1v) is 6.56. The summed E-state index contributed by atoms with van der Waals surface area (Å²) in [5.74, 6) is 2.58. The Morgan fingerprint density at radius 3 is 2.80 bits per heavy atom. The predicted molar refractivity (Wildman–Crippen MR) is 74.8 cm³/mol. The van der Waals surface area contributed by atoms with Crippen molar-refractivity contribution < 1.29 is 9.32 Å². The van der Waals surface area contributed by atoms with Gasteiger partial charge in [-0.2, -0.15) is 0 Å². The molecule has 1 saturated carbocycles. The van der Waals surface area contributed by atoms with Gasteiger partial charge in [-0.05, 0) is 12.8 Å². The van der Waals surface area contributed by atoms with Gasteiger partial charge < -0.3 is 9.42 Å². The van der Waals surface area contributed by atoms with E-state index in [0.29, 0.717) is 12.2 Å². The number of terminal acetylenes is 1. The van der Waals surface area contributed by atoms with E-state index in [1.807, 2.05) is 30.3 Å². The van der Waals surface area contributed by atoms with Crippen LogP contribution in [0.3, 0.4) is 0 Å². The van der Waals surface area contributed by atoms with Gasteiger partial charge in [0.05, 0.1) is 6.54 Å². The summed E-state index contributed by atoms with van der Waals surface area (Å²) in [5, 5.41) is 3.96. The number of benzene rings is 1. The normalized spacial score (nSPS) is 13.8. The Labute approximate surface area is 117 Å². The number of amides is 1. The highest BCUT2D eigenvalue weighted by molar-refractivity contribution is 5.93. The van der Waals surface area contributed by atoms with Crippen LogP contribution in [0.2, 0.25) is 0 Å². The van der Waals surface area contributed by atoms with Crippen LogP contribution in [0.15, 0.2) is 40.9 Å². The third-order valence-corrected chi connectivity index (χ3v) is 3.30. The number of hydrogen-bond donors (Lipinski definition) is 0. The molecule has 1 amide bonds. The van der Waals surface area contributed by atoms with E-state index < -0.39 is 0 Å². The fourth-order valence-corrected chi connectivity index (χ4v) is 2.11. The minimum absolute atomic E-state index is 0.180. The first-order chi connectivity index (χ1) is 9.79. The minimum atomic E-state index is -0.180. The zero-order valence-electron chi connectivity index (χ0n) is 11.0. The second-order valence-corrected chi connectivity index (χ2v) is 4.81. The first kappa shape index (κ1) is 12.5. The van der Waals surface area contributed by atoms with Gasteiger partial charge in [0.15, 0.2) is 0 Å². The number of carbonyl (C=O) groups excluding carboxylic acids is 1. The SMILES string of the molecule is C#CCN(C(=O)c1cc(-c2ccccc2)no1)C1CC1. The summed E-state index contributed by atoms with van der Waals surface area (Å²) in [6.45, 7) is 0.310. The van der Waals surface area contributed by atoms with E-state index in [-0.39, 0.29) is 17.7 Å². The molecule has 1 heterocycles. The first-order valence-electron chi connectivity index (χ1n) is 6.56.